The molecule has 0 fully saturated rings. The molecule has 3 heteroatoms. The Bertz CT molecular complexity index is 3520. The molecule has 0 aliphatic heterocycles. The minimum Gasteiger partial charge on any atom is -0.455 e. The standard InChI is InChI=1S/C59H36N2O/c1-2-14-38(15-3-1)54-36-55(39-30-28-37(29-31-39)43-22-13-23-49-48-21-7-11-27-56(48)62-57(43)49)61-58(60-54)42-17-12-16-40(34-42)41-32-33-47-46-20-6-10-26-52(46)59(53(47)35-41)50-24-8-4-18-44(50)45-19-5-9-25-51(45)59/h1-36H. The average Bonchev–Trinajstić information content (AvgIpc) is 3.98. The van der Waals surface area contributed by atoms with E-state index in [0.717, 1.165) is 72.3 Å². The summed E-state index contributed by atoms with van der Waals surface area (Å²) in [6.07, 6.45) is 0. The third kappa shape index (κ3) is 5.06. The summed E-state index contributed by atoms with van der Waals surface area (Å²) in [5, 5.41) is 2.25. The second-order valence-corrected chi connectivity index (χ2v) is 16.4. The Morgan fingerprint density at radius 2 is 0.790 bits per heavy atom. The maximum atomic E-state index is 6.39. The highest BCUT2D eigenvalue weighted by molar-refractivity contribution is 6.09. The lowest BCUT2D eigenvalue weighted by molar-refractivity contribution is 0.670. The monoisotopic (exact) mass is 788 g/mol. The van der Waals surface area contributed by atoms with Crippen LogP contribution in [-0.4, -0.2) is 9.97 Å². The van der Waals surface area contributed by atoms with Crippen LogP contribution in [-0.2, 0) is 5.41 Å². The predicted octanol–water partition coefficient (Wildman–Crippen LogP) is 15.1. The Morgan fingerprint density at radius 1 is 0.306 bits per heavy atom. The molecule has 0 bridgehead atoms. The van der Waals surface area contributed by atoms with Gasteiger partial charge in [0.25, 0.3) is 0 Å². The molecule has 3 nitrogen and oxygen atoms in total. The van der Waals surface area contributed by atoms with Crippen molar-refractivity contribution in [3.63, 3.8) is 0 Å². The summed E-state index contributed by atoms with van der Waals surface area (Å²) >= 11 is 0. The van der Waals surface area contributed by atoms with Gasteiger partial charge in [-0.3, -0.25) is 0 Å². The third-order valence-corrected chi connectivity index (χ3v) is 13.1. The van der Waals surface area contributed by atoms with E-state index in [-0.39, 0.29) is 0 Å². The Kier molecular flexibility index (Phi) is 7.52. The van der Waals surface area contributed by atoms with Gasteiger partial charge in [-0.05, 0) is 85.5 Å². The number of hydrogen-bond acceptors (Lipinski definition) is 3. The molecule has 0 saturated heterocycles. The first-order valence-corrected chi connectivity index (χ1v) is 21.2. The van der Waals surface area contributed by atoms with Crippen LogP contribution in [0.1, 0.15) is 22.3 Å². The molecule has 0 atom stereocenters. The number of nitrogens with zero attached hydrogens (tertiary/aromatic N) is 2. The molecule has 2 aromatic heterocycles. The maximum Gasteiger partial charge on any atom is 0.160 e. The molecule has 11 aromatic rings. The fourth-order valence-corrected chi connectivity index (χ4v) is 10.4. The molecule has 2 heterocycles. The van der Waals surface area contributed by atoms with Gasteiger partial charge < -0.3 is 4.42 Å². The minimum absolute atomic E-state index is 0.400. The Balaban J connectivity index is 0.924. The van der Waals surface area contributed by atoms with Gasteiger partial charge in [0.05, 0.1) is 16.8 Å². The number of benzene rings is 9. The highest BCUT2D eigenvalue weighted by Gasteiger charge is 2.51. The summed E-state index contributed by atoms with van der Waals surface area (Å²) in [4.78, 5) is 10.5. The van der Waals surface area contributed by atoms with E-state index in [1.54, 1.807) is 0 Å². The first-order chi connectivity index (χ1) is 30.7. The molecule has 2 aliphatic rings. The summed E-state index contributed by atoms with van der Waals surface area (Å²) in [5.74, 6) is 0.683. The molecule has 13 rings (SSSR count). The van der Waals surface area contributed by atoms with Crippen molar-refractivity contribution in [1.29, 1.82) is 0 Å². The fourth-order valence-electron chi connectivity index (χ4n) is 10.4. The molecular weight excluding hydrogens is 753 g/mol. The quantitative estimate of drug-likeness (QED) is 0.174. The van der Waals surface area contributed by atoms with Crippen molar-refractivity contribution in [3.8, 4) is 78.4 Å². The second kappa shape index (κ2) is 13.4. The number of para-hydroxylation sites is 2. The van der Waals surface area contributed by atoms with E-state index in [2.05, 4.69) is 200 Å². The zero-order chi connectivity index (χ0) is 40.8. The molecule has 1 spiro atoms. The van der Waals surface area contributed by atoms with Crippen LogP contribution in [0.25, 0.3) is 100 Å². The predicted molar refractivity (Wildman–Crippen MR) is 253 cm³/mol. The lowest BCUT2D eigenvalue weighted by Gasteiger charge is -2.30. The molecule has 9 aromatic carbocycles. The molecule has 0 amide bonds. The van der Waals surface area contributed by atoms with Crippen molar-refractivity contribution in [3.05, 3.63) is 241 Å². The zero-order valence-electron chi connectivity index (χ0n) is 33.6. The summed E-state index contributed by atoms with van der Waals surface area (Å²) in [6, 6.07) is 78.4. The fraction of sp³-hybridized carbons (Fsp3) is 0.0169. The topological polar surface area (TPSA) is 38.9 Å². The van der Waals surface area contributed by atoms with Crippen molar-refractivity contribution in [2.24, 2.45) is 0 Å². The number of rotatable bonds is 5. The highest BCUT2D eigenvalue weighted by Crippen LogP contribution is 2.63. The molecular formula is C59H36N2O. The van der Waals surface area contributed by atoms with Gasteiger partial charge in [-0.25, -0.2) is 9.97 Å². The lowest BCUT2D eigenvalue weighted by atomic mass is 9.70. The lowest BCUT2D eigenvalue weighted by Crippen LogP contribution is -2.25. The first kappa shape index (κ1) is 34.7. The van der Waals surface area contributed by atoms with Crippen molar-refractivity contribution in [2.75, 3.05) is 0 Å². The van der Waals surface area contributed by atoms with E-state index < -0.39 is 5.41 Å². The summed E-state index contributed by atoms with van der Waals surface area (Å²) < 4.78 is 6.39. The Hall–Kier alpha value is -8.14. The van der Waals surface area contributed by atoms with Crippen LogP contribution in [0.5, 0.6) is 0 Å². The van der Waals surface area contributed by atoms with E-state index in [1.165, 1.54) is 44.5 Å². The first-order valence-electron chi connectivity index (χ1n) is 21.2. The van der Waals surface area contributed by atoms with E-state index in [9.17, 15) is 0 Å². The van der Waals surface area contributed by atoms with Crippen LogP contribution in [0, 0.1) is 0 Å². The van der Waals surface area contributed by atoms with Gasteiger partial charge in [-0.2, -0.15) is 0 Å². The van der Waals surface area contributed by atoms with Gasteiger partial charge >= 0.3 is 0 Å². The van der Waals surface area contributed by atoms with Gasteiger partial charge in [-0.15, -0.1) is 0 Å². The normalized spacial score (nSPS) is 13.0. The third-order valence-electron chi connectivity index (χ3n) is 13.1. The van der Waals surface area contributed by atoms with Gasteiger partial charge in [0.2, 0.25) is 0 Å². The molecule has 288 valence electrons. The van der Waals surface area contributed by atoms with Crippen LogP contribution in [0.3, 0.4) is 0 Å². The van der Waals surface area contributed by atoms with Crippen LogP contribution >= 0.6 is 0 Å². The molecule has 0 unspecified atom stereocenters. The number of aromatic nitrogens is 2. The summed E-state index contributed by atoms with van der Waals surface area (Å²) in [7, 11) is 0. The van der Waals surface area contributed by atoms with Gasteiger partial charge in [0, 0.05) is 33.0 Å². The molecule has 0 N–H and O–H groups in total. The molecule has 0 saturated carbocycles. The van der Waals surface area contributed by atoms with Gasteiger partial charge in [-0.1, -0.05) is 194 Å². The molecule has 62 heavy (non-hydrogen) atoms. The highest BCUT2D eigenvalue weighted by atomic mass is 16.3. The van der Waals surface area contributed by atoms with Crippen LogP contribution < -0.4 is 0 Å². The van der Waals surface area contributed by atoms with Crippen molar-refractivity contribution in [2.45, 2.75) is 5.41 Å². The molecule has 2 aliphatic carbocycles. The van der Waals surface area contributed by atoms with Crippen molar-refractivity contribution >= 4 is 21.9 Å². The van der Waals surface area contributed by atoms with Crippen LogP contribution in [0.15, 0.2) is 223 Å². The van der Waals surface area contributed by atoms with Crippen LogP contribution in [0.4, 0.5) is 0 Å². The van der Waals surface area contributed by atoms with E-state index in [1.807, 2.05) is 18.2 Å². The maximum absolute atomic E-state index is 6.39. The van der Waals surface area contributed by atoms with E-state index >= 15 is 0 Å². The smallest absolute Gasteiger partial charge is 0.160 e. The summed E-state index contributed by atoms with van der Waals surface area (Å²) in [6.45, 7) is 0. The van der Waals surface area contributed by atoms with E-state index in [4.69, 9.17) is 14.4 Å². The second-order valence-electron chi connectivity index (χ2n) is 16.4. The van der Waals surface area contributed by atoms with Crippen LogP contribution in [0.2, 0.25) is 0 Å². The molecule has 0 radical (unpaired) electrons. The summed E-state index contributed by atoms with van der Waals surface area (Å²) in [5.41, 5.74) is 21.2. The average molecular weight is 789 g/mol. The Morgan fingerprint density at radius 3 is 1.50 bits per heavy atom. The number of fused-ring (bicyclic) bond motifs is 13. The largest absolute Gasteiger partial charge is 0.455 e. The number of furan rings is 1. The van der Waals surface area contributed by atoms with Gasteiger partial charge in [0.15, 0.2) is 5.82 Å². The number of hydrogen-bond donors (Lipinski definition) is 0. The van der Waals surface area contributed by atoms with E-state index in [0.29, 0.717) is 5.82 Å². The van der Waals surface area contributed by atoms with Crippen molar-refractivity contribution < 1.29 is 4.42 Å². The van der Waals surface area contributed by atoms with Gasteiger partial charge in [0.1, 0.15) is 11.2 Å². The Labute approximate surface area is 359 Å². The van der Waals surface area contributed by atoms with Crippen molar-refractivity contribution in [1.82, 2.24) is 9.97 Å². The SMILES string of the molecule is c1ccc(-c2cc(-c3ccc(-c4cccc5c4oc4ccccc45)cc3)nc(-c3cccc(-c4ccc5c(c4)C4(c6ccccc6-c6ccccc64)c4ccccc4-5)c3)n2)cc1. The minimum atomic E-state index is -0.400. The zero-order valence-corrected chi connectivity index (χ0v) is 33.6.